The summed E-state index contributed by atoms with van der Waals surface area (Å²) in [7, 11) is 0. The van der Waals surface area contributed by atoms with Gasteiger partial charge in [0.25, 0.3) is 0 Å². The van der Waals surface area contributed by atoms with Crippen molar-refractivity contribution >= 4 is 12.0 Å². The highest BCUT2D eigenvalue weighted by Crippen LogP contribution is 2.10. The van der Waals surface area contributed by atoms with E-state index in [4.69, 9.17) is 4.74 Å². The predicted molar refractivity (Wildman–Crippen MR) is 67.5 cm³/mol. The summed E-state index contributed by atoms with van der Waals surface area (Å²) >= 11 is 0. The fourth-order valence-electron chi connectivity index (χ4n) is 1.81. The summed E-state index contributed by atoms with van der Waals surface area (Å²) in [4.78, 5) is 11.5. The summed E-state index contributed by atoms with van der Waals surface area (Å²) in [5.74, 6) is -0.0654. The van der Waals surface area contributed by atoms with Crippen molar-refractivity contribution in [2.45, 2.75) is 18.9 Å². The molecule has 1 amide bonds. The van der Waals surface area contributed by atoms with E-state index in [-0.39, 0.29) is 12.0 Å². The zero-order chi connectivity index (χ0) is 11.9. The predicted octanol–water partition coefficient (Wildman–Crippen LogP) is 2.00. The molecule has 2 rings (SSSR count). The third-order valence-corrected chi connectivity index (χ3v) is 2.75. The number of hydrogen-bond acceptors (Lipinski definition) is 2. The van der Waals surface area contributed by atoms with Crippen LogP contribution in [0, 0.1) is 0 Å². The molecular formula is C14H17NO2. The van der Waals surface area contributed by atoms with E-state index in [2.05, 4.69) is 5.32 Å². The van der Waals surface area contributed by atoms with Gasteiger partial charge in [-0.25, -0.2) is 0 Å². The van der Waals surface area contributed by atoms with Gasteiger partial charge in [-0.2, -0.15) is 0 Å². The molecule has 1 aliphatic heterocycles. The summed E-state index contributed by atoms with van der Waals surface area (Å²) < 4.78 is 5.43. The van der Waals surface area contributed by atoms with Crippen LogP contribution in [0.3, 0.4) is 0 Å². The zero-order valence-corrected chi connectivity index (χ0v) is 9.76. The van der Waals surface area contributed by atoms with E-state index in [0.29, 0.717) is 6.54 Å². The number of carbonyl (C=O) groups is 1. The van der Waals surface area contributed by atoms with E-state index in [0.717, 1.165) is 25.0 Å². The second-order valence-corrected chi connectivity index (χ2v) is 4.12. The molecule has 3 heteroatoms. The van der Waals surface area contributed by atoms with E-state index in [9.17, 15) is 4.79 Å². The Morgan fingerprint density at radius 3 is 2.94 bits per heavy atom. The Kier molecular flexibility index (Phi) is 4.33. The highest BCUT2D eigenvalue weighted by molar-refractivity contribution is 5.91. The first-order valence-electron chi connectivity index (χ1n) is 5.97. The van der Waals surface area contributed by atoms with Gasteiger partial charge >= 0.3 is 0 Å². The van der Waals surface area contributed by atoms with Gasteiger partial charge in [-0.05, 0) is 24.5 Å². The molecule has 1 atom stereocenters. The van der Waals surface area contributed by atoms with Crippen molar-refractivity contribution in [2.24, 2.45) is 0 Å². The first kappa shape index (κ1) is 11.9. The Morgan fingerprint density at radius 1 is 1.41 bits per heavy atom. The molecule has 0 bridgehead atoms. The summed E-state index contributed by atoms with van der Waals surface area (Å²) in [6, 6.07) is 9.77. The van der Waals surface area contributed by atoms with Gasteiger partial charge in [-0.3, -0.25) is 4.79 Å². The number of benzene rings is 1. The van der Waals surface area contributed by atoms with Gasteiger partial charge in [-0.15, -0.1) is 0 Å². The van der Waals surface area contributed by atoms with Gasteiger partial charge in [0.1, 0.15) is 0 Å². The molecule has 1 unspecified atom stereocenters. The van der Waals surface area contributed by atoms with Crippen LogP contribution in [-0.4, -0.2) is 25.2 Å². The van der Waals surface area contributed by atoms with Gasteiger partial charge in [0.15, 0.2) is 0 Å². The van der Waals surface area contributed by atoms with Crippen LogP contribution in [0.1, 0.15) is 18.4 Å². The molecule has 1 saturated heterocycles. The second kappa shape index (κ2) is 6.21. The van der Waals surface area contributed by atoms with Gasteiger partial charge in [0, 0.05) is 19.2 Å². The Balaban J connectivity index is 1.75. The molecule has 90 valence electrons. The lowest BCUT2D eigenvalue weighted by Crippen LogP contribution is -2.30. The molecule has 1 fully saturated rings. The van der Waals surface area contributed by atoms with E-state index < -0.39 is 0 Å². The summed E-state index contributed by atoms with van der Waals surface area (Å²) in [6.07, 6.45) is 5.71. The van der Waals surface area contributed by atoms with Crippen molar-refractivity contribution in [3.8, 4) is 0 Å². The molecule has 17 heavy (non-hydrogen) atoms. The van der Waals surface area contributed by atoms with Crippen LogP contribution >= 0.6 is 0 Å². The number of ether oxygens (including phenoxy) is 1. The Labute approximate surface area is 101 Å². The smallest absolute Gasteiger partial charge is 0.244 e. The van der Waals surface area contributed by atoms with E-state index in [1.807, 2.05) is 36.4 Å². The Morgan fingerprint density at radius 2 is 2.24 bits per heavy atom. The highest BCUT2D eigenvalue weighted by atomic mass is 16.5. The number of carbonyl (C=O) groups excluding carboxylic acids is 1. The summed E-state index contributed by atoms with van der Waals surface area (Å²) in [5, 5.41) is 2.84. The van der Waals surface area contributed by atoms with Gasteiger partial charge in [0.2, 0.25) is 5.91 Å². The molecule has 1 aromatic carbocycles. The minimum atomic E-state index is -0.0654. The van der Waals surface area contributed by atoms with Crippen LogP contribution in [0.2, 0.25) is 0 Å². The number of rotatable bonds is 4. The Bertz CT molecular complexity index is 380. The van der Waals surface area contributed by atoms with Crippen LogP contribution in [0.4, 0.5) is 0 Å². The van der Waals surface area contributed by atoms with E-state index >= 15 is 0 Å². The molecule has 1 N–H and O–H groups in total. The molecule has 0 radical (unpaired) electrons. The molecule has 0 aliphatic carbocycles. The maximum atomic E-state index is 11.5. The van der Waals surface area contributed by atoms with Crippen molar-refractivity contribution in [3.05, 3.63) is 42.0 Å². The first-order chi connectivity index (χ1) is 8.34. The van der Waals surface area contributed by atoms with Crippen LogP contribution in [-0.2, 0) is 9.53 Å². The van der Waals surface area contributed by atoms with Crippen molar-refractivity contribution < 1.29 is 9.53 Å². The molecule has 1 aromatic rings. The Hall–Kier alpha value is -1.61. The first-order valence-corrected chi connectivity index (χ1v) is 5.97. The highest BCUT2D eigenvalue weighted by Gasteiger charge is 2.15. The molecular weight excluding hydrogens is 214 g/mol. The third kappa shape index (κ3) is 4.04. The standard InChI is InChI=1S/C14H17NO2/c16-14(15-11-13-7-4-10-17-13)9-8-12-5-2-1-3-6-12/h1-3,5-6,8-9,13H,4,7,10-11H2,(H,15,16)/b9-8+. The molecule has 0 saturated carbocycles. The molecule has 0 aromatic heterocycles. The van der Waals surface area contributed by atoms with Crippen molar-refractivity contribution in [3.63, 3.8) is 0 Å². The minimum absolute atomic E-state index is 0.0654. The maximum absolute atomic E-state index is 11.5. The third-order valence-electron chi connectivity index (χ3n) is 2.75. The molecule has 0 spiro atoms. The largest absolute Gasteiger partial charge is 0.376 e. The SMILES string of the molecule is O=C(/C=C/c1ccccc1)NCC1CCCO1. The lowest BCUT2D eigenvalue weighted by molar-refractivity contribution is -0.116. The van der Waals surface area contributed by atoms with Crippen molar-refractivity contribution in [1.29, 1.82) is 0 Å². The average molecular weight is 231 g/mol. The molecule has 3 nitrogen and oxygen atoms in total. The molecule has 1 aliphatic rings. The van der Waals surface area contributed by atoms with Gasteiger partial charge < -0.3 is 10.1 Å². The topological polar surface area (TPSA) is 38.3 Å². The fourth-order valence-corrected chi connectivity index (χ4v) is 1.81. The monoisotopic (exact) mass is 231 g/mol. The quantitative estimate of drug-likeness (QED) is 0.805. The number of amides is 1. The number of hydrogen-bond donors (Lipinski definition) is 1. The normalized spacial score (nSPS) is 19.6. The van der Waals surface area contributed by atoms with Crippen molar-refractivity contribution in [1.82, 2.24) is 5.32 Å². The lowest BCUT2D eigenvalue weighted by atomic mass is 10.2. The minimum Gasteiger partial charge on any atom is -0.376 e. The van der Waals surface area contributed by atoms with Crippen molar-refractivity contribution in [2.75, 3.05) is 13.2 Å². The maximum Gasteiger partial charge on any atom is 0.244 e. The van der Waals surface area contributed by atoms with Gasteiger partial charge in [-0.1, -0.05) is 30.3 Å². The zero-order valence-electron chi connectivity index (χ0n) is 9.76. The fraction of sp³-hybridized carbons (Fsp3) is 0.357. The number of nitrogens with one attached hydrogen (secondary N) is 1. The van der Waals surface area contributed by atoms with E-state index in [1.54, 1.807) is 6.08 Å². The summed E-state index contributed by atoms with van der Waals surface area (Å²) in [5.41, 5.74) is 1.03. The summed E-state index contributed by atoms with van der Waals surface area (Å²) in [6.45, 7) is 1.43. The van der Waals surface area contributed by atoms with E-state index in [1.165, 1.54) is 0 Å². The van der Waals surface area contributed by atoms with Crippen LogP contribution < -0.4 is 5.32 Å². The average Bonchev–Trinajstić information content (AvgIpc) is 2.88. The van der Waals surface area contributed by atoms with Crippen LogP contribution in [0.15, 0.2) is 36.4 Å². The second-order valence-electron chi connectivity index (χ2n) is 4.12. The van der Waals surface area contributed by atoms with Gasteiger partial charge in [0.05, 0.1) is 6.10 Å². The molecule has 1 heterocycles. The van der Waals surface area contributed by atoms with Crippen LogP contribution in [0.25, 0.3) is 6.08 Å². The van der Waals surface area contributed by atoms with Crippen LogP contribution in [0.5, 0.6) is 0 Å². The lowest BCUT2D eigenvalue weighted by Gasteiger charge is -2.08.